The molecule has 0 fully saturated rings. The lowest BCUT2D eigenvalue weighted by Gasteiger charge is -2.30. The standard InChI is InChI=1S/C20H16Cl3F3N2O3S2/c1-33(30,31)10-18(29)27-9-12-3-2-11(4-16(12)23)17-8-19(32-28-17,20(24,25)26)13-5-14(21)7-15(22)6-13/h2-7H,8-10H2,1H3,(H,27,29). The summed E-state index contributed by atoms with van der Waals surface area (Å²) in [5, 5.41) is 2.80. The van der Waals surface area contributed by atoms with Crippen LogP contribution in [-0.2, 0) is 25.9 Å². The number of carbonyl (C=O) groups excluding carboxylic acids is 1. The van der Waals surface area contributed by atoms with E-state index in [0.29, 0.717) is 23.1 Å². The van der Waals surface area contributed by atoms with Gasteiger partial charge >= 0.3 is 6.18 Å². The van der Waals surface area contributed by atoms with Gasteiger partial charge in [-0.15, -0.1) is 0 Å². The Kier molecular flexibility index (Phi) is 7.65. The third-order valence-electron chi connectivity index (χ3n) is 4.77. The monoisotopic (exact) mass is 558 g/mol. The second-order valence-electron chi connectivity index (χ2n) is 7.44. The lowest BCUT2D eigenvalue weighted by molar-refractivity contribution is -0.159. The van der Waals surface area contributed by atoms with Gasteiger partial charge in [0, 0.05) is 34.3 Å². The van der Waals surface area contributed by atoms with Crippen LogP contribution in [0.1, 0.15) is 23.1 Å². The van der Waals surface area contributed by atoms with Crippen LogP contribution in [-0.4, -0.2) is 38.2 Å². The van der Waals surface area contributed by atoms with Crippen LogP contribution < -0.4 is 5.32 Å². The number of alkyl halides is 3. The van der Waals surface area contributed by atoms with Gasteiger partial charge in [0.25, 0.3) is 0 Å². The first-order valence-corrected chi connectivity index (χ1v) is 13.2. The van der Waals surface area contributed by atoms with Crippen LogP contribution in [0.4, 0.5) is 13.2 Å². The molecule has 1 unspecified atom stereocenters. The molecule has 1 aliphatic rings. The maximum absolute atomic E-state index is 14.2. The van der Waals surface area contributed by atoms with E-state index >= 15 is 0 Å². The summed E-state index contributed by atoms with van der Waals surface area (Å²) in [6.45, 7) is -0.0395. The Morgan fingerprint density at radius 3 is 2.33 bits per heavy atom. The zero-order valence-electron chi connectivity index (χ0n) is 16.8. The molecule has 0 spiro atoms. The molecule has 0 saturated heterocycles. The fraction of sp³-hybridized carbons (Fsp3) is 0.300. The maximum atomic E-state index is 14.2. The molecule has 5 nitrogen and oxygen atoms in total. The maximum Gasteiger partial charge on any atom is 0.409 e. The quantitative estimate of drug-likeness (QED) is 0.467. The second kappa shape index (κ2) is 9.65. The van der Waals surface area contributed by atoms with E-state index in [1.165, 1.54) is 30.3 Å². The van der Waals surface area contributed by atoms with Crippen LogP contribution in [0, 0.1) is 0 Å². The molecular weight excluding hydrogens is 544 g/mol. The van der Waals surface area contributed by atoms with Crippen molar-refractivity contribution in [2.45, 2.75) is 23.9 Å². The Hall–Kier alpha value is -1.46. The zero-order valence-corrected chi connectivity index (χ0v) is 20.7. The van der Waals surface area contributed by atoms with Gasteiger partial charge < -0.3 is 5.32 Å². The largest absolute Gasteiger partial charge is 0.409 e. The smallest absolute Gasteiger partial charge is 0.351 e. The van der Waals surface area contributed by atoms with Crippen molar-refractivity contribution in [2.75, 3.05) is 12.0 Å². The number of hydrogen-bond donors (Lipinski definition) is 1. The third kappa shape index (κ3) is 6.16. The number of hydrogen-bond acceptors (Lipinski definition) is 5. The molecule has 1 heterocycles. The summed E-state index contributed by atoms with van der Waals surface area (Å²) < 4.78 is 66.7. The highest BCUT2D eigenvalue weighted by atomic mass is 35.5. The number of amides is 1. The topological polar surface area (TPSA) is 75.6 Å². The summed E-state index contributed by atoms with van der Waals surface area (Å²) in [5.41, 5.74) is 0.936. The normalized spacial score (nSPS) is 18.8. The highest BCUT2D eigenvalue weighted by Crippen LogP contribution is 2.57. The first-order chi connectivity index (χ1) is 15.2. The molecule has 2 aromatic carbocycles. The van der Waals surface area contributed by atoms with Crippen LogP contribution in [0.25, 0.3) is 0 Å². The molecular formula is C20H16Cl3F3N2O3S2. The average molecular weight is 560 g/mol. The third-order valence-corrected chi connectivity index (χ3v) is 7.58. The van der Waals surface area contributed by atoms with Crippen molar-refractivity contribution in [3.8, 4) is 0 Å². The molecule has 1 atom stereocenters. The van der Waals surface area contributed by atoms with Crippen molar-refractivity contribution in [3.63, 3.8) is 0 Å². The van der Waals surface area contributed by atoms with Gasteiger partial charge in [-0.1, -0.05) is 46.9 Å². The molecule has 3 rings (SSSR count). The zero-order chi connectivity index (χ0) is 24.6. The molecule has 0 bridgehead atoms. The molecule has 33 heavy (non-hydrogen) atoms. The summed E-state index contributed by atoms with van der Waals surface area (Å²) in [6, 6.07) is 8.33. The van der Waals surface area contributed by atoms with Crippen LogP contribution in [0.5, 0.6) is 0 Å². The number of halogens is 6. The molecule has 1 amide bonds. The van der Waals surface area contributed by atoms with Gasteiger partial charge in [-0.2, -0.15) is 13.2 Å². The van der Waals surface area contributed by atoms with Crippen molar-refractivity contribution < 1.29 is 26.4 Å². The molecule has 2 aromatic rings. The predicted octanol–water partition coefficient (Wildman–Crippen LogP) is 5.61. The molecule has 0 saturated carbocycles. The van der Waals surface area contributed by atoms with Crippen molar-refractivity contribution in [1.82, 2.24) is 5.32 Å². The lowest BCUT2D eigenvalue weighted by atomic mass is 9.89. The Balaban J connectivity index is 1.82. The Morgan fingerprint density at radius 1 is 1.15 bits per heavy atom. The van der Waals surface area contributed by atoms with Crippen LogP contribution in [0.2, 0.25) is 15.1 Å². The first kappa shape index (κ1) is 26.2. The summed E-state index contributed by atoms with van der Waals surface area (Å²) in [4.78, 5) is 11.7. The van der Waals surface area contributed by atoms with E-state index in [-0.39, 0.29) is 32.9 Å². The SMILES string of the molecule is CS(=O)(=O)CC(=O)NCc1ccc(C2=NSC(c3cc(Cl)cc(Cl)c3)(C(F)(F)F)C2)cc1Cl. The van der Waals surface area contributed by atoms with E-state index in [0.717, 1.165) is 6.26 Å². The number of carbonyl (C=O) groups is 1. The van der Waals surface area contributed by atoms with E-state index < -0.39 is 38.8 Å². The molecule has 0 aliphatic carbocycles. The highest BCUT2D eigenvalue weighted by molar-refractivity contribution is 7.99. The van der Waals surface area contributed by atoms with E-state index in [1.807, 2.05) is 0 Å². The Morgan fingerprint density at radius 2 is 1.79 bits per heavy atom. The van der Waals surface area contributed by atoms with E-state index in [9.17, 15) is 26.4 Å². The minimum atomic E-state index is -4.65. The predicted molar refractivity (Wildman–Crippen MR) is 126 cm³/mol. The van der Waals surface area contributed by atoms with E-state index in [4.69, 9.17) is 34.8 Å². The Bertz CT molecular complexity index is 1220. The van der Waals surface area contributed by atoms with Gasteiger partial charge in [-0.25, -0.2) is 12.8 Å². The number of rotatable bonds is 6. The molecule has 1 aliphatic heterocycles. The minimum Gasteiger partial charge on any atom is -0.351 e. The Labute approximate surface area is 207 Å². The summed E-state index contributed by atoms with van der Waals surface area (Å²) in [7, 11) is -3.48. The minimum absolute atomic E-state index is 0.0395. The number of benzene rings is 2. The fourth-order valence-corrected chi connectivity index (χ4v) is 5.51. The molecule has 13 heteroatoms. The van der Waals surface area contributed by atoms with Crippen LogP contribution in [0.3, 0.4) is 0 Å². The molecule has 1 N–H and O–H groups in total. The van der Waals surface area contributed by atoms with Gasteiger partial charge in [0.1, 0.15) is 5.75 Å². The molecule has 0 aromatic heterocycles. The number of sulfone groups is 1. The van der Waals surface area contributed by atoms with Crippen molar-refractivity contribution in [2.24, 2.45) is 4.40 Å². The summed E-state index contributed by atoms with van der Waals surface area (Å²) in [5.74, 6) is -1.35. The van der Waals surface area contributed by atoms with Gasteiger partial charge in [-0.05, 0) is 52.9 Å². The van der Waals surface area contributed by atoms with Gasteiger partial charge in [-0.3, -0.25) is 4.79 Å². The van der Waals surface area contributed by atoms with Crippen molar-refractivity contribution in [3.05, 3.63) is 68.2 Å². The molecule has 0 radical (unpaired) electrons. The van der Waals surface area contributed by atoms with E-state index in [1.54, 1.807) is 6.07 Å². The van der Waals surface area contributed by atoms with Gasteiger partial charge in [0.05, 0.1) is 5.71 Å². The second-order valence-corrected chi connectivity index (χ2v) is 11.9. The van der Waals surface area contributed by atoms with Crippen molar-refractivity contribution >= 4 is 68.2 Å². The van der Waals surface area contributed by atoms with Crippen molar-refractivity contribution in [1.29, 1.82) is 0 Å². The lowest BCUT2D eigenvalue weighted by Crippen LogP contribution is -2.38. The fourth-order valence-electron chi connectivity index (χ4n) is 3.20. The highest BCUT2D eigenvalue weighted by Gasteiger charge is 2.60. The van der Waals surface area contributed by atoms with Crippen LogP contribution in [0.15, 0.2) is 40.8 Å². The number of nitrogens with zero attached hydrogens (tertiary/aromatic N) is 1. The summed E-state index contributed by atoms with van der Waals surface area (Å²) in [6.07, 6.45) is -4.17. The summed E-state index contributed by atoms with van der Waals surface area (Å²) >= 11 is 18.5. The van der Waals surface area contributed by atoms with E-state index in [2.05, 4.69) is 9.71 Å². The molecule has 178 valence electrons. The van der Waals surface area contributed by atoms with Crippen LogP contribution >= 0.6 is 46.8 Å². The van der Waals surface area contributed by atoms with Gasteiger partial charge in [0.2, 0.25) is 5.91 Å². The number of nitrogens with one attached hydrogen (secondary N) is 1. The van der Waals surface area contributed by atoms with Gasteiger partial charge in [0.15, 0.2) is 14.6 Å². The average Bonchev–Trinajstić information content (AvgIpc) is 3.12. The first-order valence-electron chi connectivity index (χ1n) is 9.22.